The Bertz CT molecular complexity index is 323. The van der Waals surface area contributed by atoms with Crippen LogP contribution in [0.1, 0.15) is 47.0 Å². The Labute approximate surface area is 110 Å². The molecular formula is C13H24N2OS. The second kappa shape index (κ2) is 4.92. The van der Waals surface area contributed by atoms with Gasteiger partial charge in [0.1, 0.15) is 0 Å². The number of nitrogens with one attached hydrogen (secondary N) is 1. The Morgan fingerprint density at radius 2 is 2.06 bits per heavy atom. The molecule has 0 saturated heterocycles. The summed E-state index contributed by atoms with van der Waals surface area (Å²) in [5.41, 5.74) is 5.28. The minimum atomic E-state index is -0.706. The molecule has 0 aromatic heterocycles. The zero-order chi connectivity index (χ0) is 13.3. The SMILES string of the molecule is CCC(C)(C(=O)NCC1(C(C)C)CC1)C(N)=S. The predicted octanol–water partition coefficient (Wildman–Crippen LogP) is 2.24. The molecule has 3 nitrogen and oxygen atoms in total. The van der Waals surface area contributed by atoms with Gasteiger partial charge in [-0.05, 0) is 37.5 Å². The molecule has 3 N–H and O–H groups in total. The molecule has 4 heteroatoms. The third-order valence-corrected chi connectivity index (χ3v) is 4.92. The maximum atomic E-state index is 12.2. The standard InChI is InChI=1S/C13H24N2OS/c1-5-12(4,10(14)17)11(16)15-8-13(6-7-13)9(2)3/h9H,5-8H2,1-4H3,(H2,14,17)(H,15,16). The zero-order valence-corrected chi connectivity index (χ0v) is 12.1. The predicted molar refractivity (Wildman–Crippen MR) is 74.7 cm³/mol. The molecule has 17 heavy (non-hydrogen) atoms. The maximum Gasteiger partial charge on any atom is 0.232 e. The van der Waals surface area contributed by atoms with Crippen LogP contribution in [-0.4, -0.2) is 17.4 Å². The molecule has 0 aliphatic heterocycles. The van der Waals surface area contributed by atoms with E-state index in [-0.39, 0.29) is 10.9 Å². The Morgan fingerprint density at radius 1 is 1.53 bits per heavy atom. The summed E-state index contributed by atoms with van der Waals surface area (Å²) in [5.74, 6) is 0.583. The van der Waals surface area contributed by atoms with Gasteiger partial charge in [-0.1, -0.05) is 33.0 Å². The first-order valence-corrected chi connectivity index (χ1v) is 6.77. The molecule has 0 aromatic rings. The van der Waals surface area contributed by atoms with E-state index in [9.17, 15) is 4.79 Å². The fourth-order valence-corrected chi connectivity index (χ4v) is 2.25. The Balaban J connectivity index is 2.58. The maximum absolute atomic E-state index is 12.2. The van der Waals surface area contributed by atoms with Crippen LogP contribution in [0, 0.1) is 16.7 Å². The third-order valence-electron chi connectivity index (χ3n) is 4.47. The first-order chi connectivity index (χ1) is 7.78. The monoisotopic (exact) mass is 256 g/mol. The van der Waals surface area contributed by atoms with Gasteiger partial charge in [0.05, 0.1) is 10.4 Å². The number of carbonyl (C=O) groups excluding carboxylic acids is 1. The lowest BCUT2D eigenvalue weighted by atomic mass is 9.85. The lowest BCUT2D eigenvalue weighted by Gasteiger charge is -2.28. The van der Waals surface area contributed by atoms with E-state index in [0.717, 1.165) is 6.54 Å². The van der Waals surface area contributed by atoms with Crippen LogP contribution in [0.3, 0.4) is 0 Å². The number of carbonyl (C=O) groups is 1. The molecule has 1 unspecified atom stereocenters. The molecule has 1 amide bonds. The topological polar surface area (TPSA) is 55.1 Å². The quantitative estimate of drug-likeness (QED) is 0.717. The van der Waals surface area contributed by atoms with E-state index in [0.29, 0.717) is 17.8 Å². The van der Waals surface area contributed by atoms with Gasteiger partial charge in [-0.2, -0.15) is 0 Å². The van der Waals surface area contributed by atoms with Gasteiger partial charge in [0.25, 0.3) is 0 Å². The highest BCUT2D eigenvalue weighted by atomic mass is 32.1. The van der Waals surface area contributed by atoms with Crippen molar-refractivity contribution in [2.45, 2.75) is 47.0 Å². The normalized spacial score (nSPS) is 20.8. The van der Waals surface area contributed by atoms with E-state index in [1.807, 2.05) is 13.8 Å². The minimum absolute atomic E-state index is 0.0283. The molecule has 0 spiro atoms. The molecule has 1 fully saturated rings. The molecule has 0 aromatic carbocycles. The lowest BCUT2D eigenvalue weighted by Crippen LogP contribution is -2.48. The summed E-state index contributed by atoms with van der Waals surface area (Å²) < 4.78 is 0. The molecule has 98 valence electrons. The minimum Gasteiger partial charge on any atom is -0.392 e. The summed E-state index contributed by atoms with van der Waals surface area (Å²) in [6.45, 7) is 8.94. The summed E-state index contributed by atoms with van der Waals surface area (Å²) in [6, 6.07) is 0. The number of nitrogens with two attached hydrogens (primary N) is 1. The van der Waals surface area contributed by atoms with E-state index >= 15 is 0 Å². The molecule has 1 aliphatic carbocycles. The van der Waals surface area contributed by atoms with Gasteiger partial charge in [0.2, 0.25) is 5.91 Å². The largest absolute Gasteiger partial charge is 0.392 e. The number of amides is 1. The van der Waals surface area contributed by atoms with Crippen LogP contribution in [0.15, 0.2) is 0 Å². The second-order valence-electron chi connectivity index (χ2n) is 5.75. The van der Waals surface area contributed by atoms with Crippen molar-refractivity contribution in [1.82, 2.24) is 5.32 Å². The van der Waals surface area contributed by atoms with Crippen LogP contribution >= 0.6 is 12.2 Å². The van der Waals surface area contributed by atoms with Crippen LogP contribution in [0.5, 0.6) is 0 Å². The van der Waals surface area contributed by atoms with Crippen molar-refractivity contribution in [3.05, 3.63) is 0 Å². The van der Waals surface area contributed by atoms with Crippen molar-refractivity contribution in [3.8, 4) is 0 Å². The first kappa shape index (κ1) is 14.4. The number of hydrogen-bond donors (Lipinski definition) is 2. The van der Waals surface area contributed by atoms with Crippen LogP contribution in [0.4, 0.5) is 0 Å². The molecule has 0 bridgehead atoms. The fourth-order valence-electron chi connectivity index (χ4n) is 2.02. The Morgan fingerprint density at radius 3 is 2.35 bits per heavy atom. The van der Waals surface area contributed by atoms with E-state index in [2.05, 4.69) is 19.2 Å². The second-order valence-corrected chi connectivity index (χ2v) is 6.19. The van der Waals surface area contributed by atoms with Gasteiger partial charge < -0.3 is 11.1 Å². The summed E-state index contributed by atoms with van der Waals surface area (Å²) >= 11 is 5.00. The zero-order valence-electron chi connectivity index (χ0n) is 11.3. The van der Waals surface area contributed by atoms with E-state index in [4.69, 9.17) is 18.0 Å². The van der Waals surface area contributed by atoms with E-state index in [1.165, 1.54) is 12.8 Å². The molecule has 0 heterocycles. The summed E-state index contributed by atoms with van der Waals surface area (Å²) in [6.07, 6.45) is 3.06. The van der Waals surface area contributed by atoms with E-state index in [1.54, 1.807) is 0 Å². The van der Waals surface area contributed by atoms with Crippen LogP contribution in [0.25, 0.3) is 0 Å². The highest BCUT2D eigenvalue weighted by Crippen LogP contribution is 2.51. The number of hydrogen-bond acceptors (Lipinski definition) is 2. The Hall–Kier alpha value is -0.640. The molecular weight excluding hydrogens is 232 g/mol. The van der Waals surface area contributed by atoms with E-state index < -0.39 is 5.41 Å². The fraction of sp³-hybridized carbons (Fsp3) is 0.846. The van der Waals surface area contributed by atoms with Gasteiger partial charge in [-0.15, -0.1) is 0 Å². The molecule has 1 atom stereocenters. The Kier molecular flexibility index (Phi) is 4.18. The molecule has 0 radical (unpaired) electrons. The van der Waals surface area contributed by atoms with Gasteiger partial charge in [-0.25, -0.2) is 0 Å². The van der Waals surface area contributed by atoms with Crippen molar-refractivity contribution in [1.29, 1.82) is 0 Å². The van der Waals surface area contributed by atoms with Crippen molar-refractivity contribution >= 4 is 23.1 Å². The van der Waals surface area contributed by atoms with Crippen LogP contribution in [0.2, 0.25) is 0 Å². The molecule has 1 rings (SSSR count). The number of rotatable bonds is 6. The average Bonchev–Trinajstić information content (AvgIpc) is 3.05. The highest BCUT2D eigenvalue weighted by Gasteiger charge is 2.46. The van der Waals surface area contributed by atoms with Crippen molar-refractivity contribution in [3.63, 3.8) is 0 Å². The smallest absolute Gasteiger partial charge is 0.232 e. The number of thiocarbonyl (C=S) groups is 1. The van der Waals surface area contributed by atoms with Crippen molar-refractivity contribution in [2.24, 2.45) is 22.5 Å². The summed E-state index contributed by atoms with van der Waals surface area (Å²) in [7, 11) is 0. The van der Waals surface area contributed by atoms with Gasteiger partial charge in [0, 0.05) is 6.54 Å². The van der Waals surface area contributed by atoms with Crippen LogP contribution < -0.4 is 11.1 Å². The van der Waals surface area contributed by atoms with Gasteiger partial charge in [-0.3, -0.25) is 4.79 Å². The first-order valence-electron chi connectivity index (χ1n) is 6.37. The van der Waals surface area contributed by atoms with Crippen LogP contribution in [-0.2, 0) is 4.79 Å². The van der Waals surface area contributed by atoms with Gasteiger partial charge >= 0.3 is 0 Å². The summed E-state index contributed by atoms with van der Waals surface area (Å²) in [5, 5.41) is 3.03. The van der Waals surface area contributed by atoms with Crippen molar-refractivity contribution < 1.29 is 4.79 Å². The average molecular weight is 256 g/mol. The van der Waals surface area contributed by atoms with Gasteiger partial charge in [0.15, 0.2) is 0 Å². The highest BCUT2D eigenvalue weighted by molar-refractivity contribution is 7.80. The molecule has 1 aliphatic rings. The third kappa shape index (κ3) is 2.79. The molecule has 1 saturated carbocycles. The lowest BCUT2D eigenvalue weighted by molar-refractivity contribution is -0.127. The van der Waals surface area contributed by atoms with Crippen molar-refractivity contribution in [2.75, 3.05) is 6.54 Å². The summed E-state index contributed by atoms with van der Waals surface area (Å²) in [4.78, 5) is 12.4.